The van der Waals surface area contributed by atoms with E-state index in [0.29, 0.717) is 11.7 Å². The highest BCUT2D eigenvalue weighted by atomic mass is 127. The SMILES string of the molecule is CC(=O)Nc1nonc1C1CCC[N+](C)(CI)C1. The molecule has 6 nitrogen and oxygen atoms in total. The Bertz CT molecular complexity index is 436. The standard InChI is InChI=1S/C11H17IN4O2/c1-8(17)13-11-10(14-18-15-11)9-4-3-5-16(2,6-9)7-12/h9H,3-7H2,1-2H3/p+1. The molecule has 2 rings (SSSR count). The van der Waals surface area contributed by atoms with Gasteiger partial charge in [-0.25, -0.2) is 4.63 Å². The zero-order valence-corrected chi connectivity index (χ0v) is 12.8. The third-order valence-corrected chi connectivity index (χ3v) is 5.04. The smallest absolute Gasteiger partial charge is 0.222 e. The van der Waals surface area contributed by atoms with Crippen molar-refractivity contribution in [3.63, 3.8) is 0 Å². The van der Waals surface area contributed by atoms with Crippen LogP contribution in [0, 0.1) is 0 Å². The van der Waals surface area contributed by atoms with Gasteiger partial charge < -0.3 is 9.80 Å². The number of anilines is 1. The van der Waals surface area contributed by atoms with Gasteiger partial charge in [0, 0.05) is 6.92 Å². The molecule has 0 aliphatic carbocycles. The van der Waals surface area contributed by atoms with Crippen molar-refractivity contribution in [1.29, 1.82) is 0 Å². The molecule has 1 saturated heterocycles. The molecule has 2 unspecified atom stereocenters. The van der Waals surface area contributed by atoms with E-state index in [1.54, 1.807) is 0 Å². The molecule has 100 valence electrons. The van der Waals surface area contributed by atoms with E-state index in [-0.39, 0.29) is 5.91 Å². The maximum Gasteiger partial charge on any atom is 0.222 e. The molecule has 0 spiro atoms. The lowest BCUT2D eigenvalue weighted by Gasteiger charge is -2.39. The van der Waals surface area contributed by atoms with E-state index in [0.717, 1.165) is 34.1 Å². The van der Waals surface area contributed by atoms with Gasteiger partial charge >= 0.3 is 0 Å². The Labute approximate surface area is 120 Å². The van der Waals surface area contributed by atoms with Gasteiger partial charge in [-0.1, -0.05) is 5.16 Å². The van der Waals surface area contributed by atoms with Gasteiger partial charge in [-0.05, 0) is 40.6 Å². The topological polar surface area (TPSA) is 68.0 Å². The summed E-state index contributed by atoms with van der Waals surface area (Å²) < 4.78 is 6.88. The first kappa shape index (κ1) is 13.7. The maximum absolute atomic E-state index is 11.1. The number of halogens is 1. The number of piperidine rings is 1. The molecule has 1 fully saturated rings. The summed E-state index contributed by atoms with van der Waals surface area (Å²) in [6.07, 6.45) is 2.24. The molecule has 0 saturated carbocycles. The Morgan fingerprint density at radius 2 is 2.39 bits per heavy atom. The monoisotopic (exact) mass is 365 g/mol. The molecule has 2 atom stereocenters. The van der Waals surface area contributed by atoms with Gasteiger partial charge in [0.1, 0.15) is 10.2 Å². The fourth-order valence-electron chi connectivity index (χ4n) is 2.48. The number of aromatic nitrogens is 2. The minimum atomic E-state index is -0.145. The molecule has 0 bridgehead atoms. The minimum absolute atomic E-state index is 0.145. The zero-order chi connectivity index (χ0) is 13.2. The molecule has 1 aliphatic heterocycles. The van der Waals surface area contributed by atoms with Crippen LogP contribution >= 0.6 is 22.6 Å². The van der Waals surface area contributed by atoms with Crippen LogP contribution in [0.1, 0.15) is 31.4 Å². The van der Waals surface area contributed by atoms with Crippen LogP contribution in [0.5, 0.6) is 0 Å². The van der Waals surface area contributed by atoms with E-state index in [9.17, 15) is 4.79 Å². The molecular weight excluding hydrogens is 347 g/mol. The molecule has 0 aromatic carbocycles. The highest BCUT2D eigenvalue weighted by molar-refractivity contribution is 14.1. The summed E-state index contributed by atoms with van der Waals surface area (Å²) in [5, 5.41) is 10.4. The van der Waals surface area contributed by atoms with Crippen LogP contribution in [-0.2, 0) is 4.79 Å². The van der Waals surface area contributed by atoms with Gasteiger partial charge in [0.05, 0.1) is 26.1 Å². The van der Waals surface area contributed by atoms with E-state index in [1.807, 2.05) is 0 Å². The second-order valence-corrected chi connectivity index (χ2v) is 5.85. The fraction of sp³-hybridized carbons (Fsp3) is 0.727. The summed E-state index contributed by atoms with van der Waals surface area (Å²) in [6, 6.07) is 0. The van der Waals surface area contributed by atoms with Gasteiger partial charge in [0.2, 0.25) is 11.7 Å². The third kappa shape index (κ3) is 3.00. The van der Waals surface area contributed by atoms with Crippen molar-refractivity contribution in [1.82, 2.24) is 10.3 Å². The molecule has 1 aliphatic rings. The van der Waals surface area contributed by atoms with Crippen molar-refractivity contribution in [3.05, 3.63) is 5.69 Å². The van der Waals surface area contributed by atoms with Gasteiger partial charge in [0.15, 0.2) is 0 Å². The average molecular weight is 365 g/mol. The first-order valence-corrected chi connectivity index (χ1v) is 7.56. The van der Waals surface area contributed by atoms with Crippen molar-refractivity contribution in [2.24, 2.45) is 0 Å². The number of amides is 1. The van der Waals surface area contributed by atoms with Crippen LogP contribution in [0.4, 0.5) is 5.82 Å². The van der Waals surface area contributed by atoms with E-state index < -0.39 is 0 Å². The lowest BCUT2D eigenvalue weighted by atomic mass is 9.93. The van der Waals surface area contributed by atoms with Crippen molar-refractivity contribution in [2.45, 2.75) is 25.7 Å². The molecule has 1 N–H and O–H groups in total. The highest BCUT2D eigenvalue weighted by Crippen LogP contribution is 2.32. The number of rotatable bonds is 3. The summed E-state index contributed by atoms with van der Waals surface area (Å²) in [6.45, 7) is 3.67. The zero-order valence-electron chi connectivity index (χ0n) is 10.6. The second-order valence-electron chi connectivity index (χ2n) is 5.16. The molecular formula is C11H18IN4O2+. The summed E-state index contributed by atoms with van der Waals surface area (Å²) in [7, 11) is 2.25. The van der Waals surface area contributed by atoms with Crippen molar-refractivity contribution >= 4 is 34.3 Å². The first-order chi connectivity index (χ1) is 8.54. The normalized spacial score (nSPS) is 28.1. The number of hydrogen-bond donors (Lipinski definition) is 1. The van der Waals surface area contributed by atoms with E-state index >= 15 is 0 Å². The van der Waals surface area contributed by atoms with E-state index in [4.69, 9.17) is 4.63 Å². The number of alkyl halides is 1. The van der Waals surface area contributed by atoms with Crippen LogP contribution in [-0.4, -0.2) is 45.4 Å². The molecule has 7 heteroatoms. The predicted octanol–water partition coefficient (Wildman–Crippen LogP) is 1.74. The lowest BCUT2D eigenvalue weighted by molar-refractivity contribution is -0.900. The van der Waals surface area contributed by atoms with Gasteiger partial charge in [0.25, 0.3) is 0 Å². The van der Waals surface area contributed by atoms with Crippen LogP contribution in [0.25, 0.3) is 0 Å². The molecule has 2 heterocycles. The van der Waals surface area contributed by atoms with Gasteiger partial charge in [-0.3, -0.25) is 4.79 Å². The number of carbonyl (C=O) groups is 1. The Kier molecular flexibility index (Phi) is 4.21. The number of nitrogens with zero attached hydrogens (tertiary/aromatic N) is 3. The summed E-state index contributed by atoms with van der Waals surface area (Å²) in [4.78, 5) is 11.1. The Hall–Kier alpha value is -0.700. The van der Waals surface area contributed by atoms with Crippen LogP contribution in [0.2, 0.25) is 0 Å². The van der Waals surface area contributed by atoms with Crippen LogP contribution in [0.3, 0.4) is 0 Å². The van der Waals surface area contributed by atoms with Crippen molar-refractivity contribution in [3.8, 4) is 0 Å². The third-order valence-electron chi connectivity index (χ3n) is 3.40. The lowest BCUT2D eigenvalue weighted by Crippen LogP contribution is -2.49. The Morgan fingerprint density at radius 3 is 3.06 bits per heavy atom. The summed E-state index contributed by atoms with van der Waals surface area (Å²) in [5.41, 5.74) is 0.791. The summed E-state index contributed by atoms with van der Waals surface area (Å²) >= 11 is 2.42. The van der Waals surface area contributed by atoms with E-state index in [2.05, 4.69) is 45.3 Å². The van der Waals surface area contributed by atoms with Crippen molar-refractivity contribution < 1.29 is 13.9 Å². The number of likely N-dealkylation sites (tertiary alicyclic amines) is 1. The molecule has 0 radical (unpaired) electrons. The number of carbonyl (C=O) groups excluding carboxylic acids is 1. The molecule has 18 heavy (non-hydrogen) atoms. The van der Waals surface area contributed by atoms with Gasteiger partial charge in [-0.15, -0.1) is 0 Å². The average Bonchev–Trinajstić information content (AvgIpc) is 2.76. The number of nitrogens with one attached hydrogen (secondary N) is 1. The highest BCUT2D eigenvalue weighted by Gasteiger charge is 2.34. The minimum Gasteiger partial charge on any atom is -0.317 e. The number of quaternary nitrogens is 1. The first-order valence-electron chi connectivity index (χ1n) is 6.03. The second kappa shape index (κ2) is 5.52. The number of likely N-dealkylation sites (N-methyl/N-ethyl adjacent to an activating group) is 1. The Balaban J connectivity index is 2.16. The largest absolute Gasteiger partial charge is 0.317 e. The maximum atomic E-state index is 11.1. The van der Waals surface area contributed by atoms with Crippen molar-refractivity contribution in [2.75, 3.05) is 30.0 Å². The van der Waals surface area contributed by atoms with Crippen LogP contribution < -0.4 is 5.32 Å². The van der Waals surface area contributed by atoms with E-state index in [1.165, 1.54) is 13.5 Å². The number of hydrogen-bond acceptors (Lipinski definition) is 4. The molecule has 1 aromatic rings. The molecule has 1 aromatic heterocycles. The molecule has 1 amide bonds. The van der Waals surface area contributed by atoms with Crippen LogP contribution in [0.15, 0.2) is 4.63 Å². The van der Waals surface area contributed by atoms with Gasteiger partial charge in [-0.2, -0.15) is 0 Å². The Morgan fingerprint density at radius 1 is 1.61 bits per heavy atom. The fourth-order valence-corrected chi connectivity index (χ4v) is 3.10. The summed E-state index contributed by atoms with van der Waals surface area (Å²) in [5.74, 6) is 0.648. The predicted molar refractivity (Wildman–Crippen MR) is 75.4 cm³/mol. The quantitative estimate of drug-likeness (QED) is 0.384.